The van der Waals surface area contributed by atoms with E-state index in [-0.39, 0.29) is 11.8 Å². The summed E-state index contributed by atoms with van der Waals surface area (Å²) in [5.41, 5.74) is 2.18. The molecule has 2 aromatic carbocycles. The second-order valence-electron chi connectivity index (χ2n) is 5.17. The Kier molecular flexibility index (Phi) is 4.25. The van der Waals surface area contributed by atoms with E-state index in [0.717, 1.165) is 27.8 Å². The molecule has 0 unspecified atom stereocenters. The molecule has 108 valence electrons. The highest BCUT2D eigenvalue weighted by atomic mass is 79.9. The van der Waals surface area contributed by atoms with Gasteiger partial charge in [0.1, 0.15) is 12.4 Å². The van der Waals surface area contributed by atoms with Crippen LogP contribution in [0.25, 0.3) is 0 Å². The minimum Gasteiger partial charge on any atom is -0.492 e. The van der Waals surface area contributed by atoms with Crippen molar-refractivity contribution in [1.82, 2.24) is 5.32 Å². The minimum atomic E-state index is -0.118. The van der Waals surface area contributed by atoms with Crippen LogP contribution in [0.4, 0.5) is 0 Å². The van der Waals surface area contributed by atoms with Gasteiger partial charge in [-0.15, -0.1) is 0 Å². The Hall–Kier alpha value is -1.81. The van der Waals surface area contributed by atoms with Gasteiger partial charge in [-0.05, 0) is 35.7 Å². The summed E-state index contributed by atoms with van der Waals surface area (Å²) in [7, 11) is 0. The van der Waals surface area contributed by atoms with Crippen molar-refractivity contribution in [3.63, 3.8) is 0 Å². The van der Waals surface area contributed by atoms with E-state index in [1.165, 1.54) is 0 Å². The second-order valence-corrected chi connectivity index (χ2v) is 6.08. The topological polar surface area (TPSA) is 38.3 Å². The van der Waals surface area contributed by atoms with Crippen molar-refractivity contribution in [2.45, 2.75) is 13.0 Å². The molecule has 1 atom stereocenters. The van der Waals surface area contributed by atoms with Crippen LogP contribution in [-0.4, -0.2) is 12.5 Å². The van der Waals surface area contributed by atoms with Gasteiger partial charge in [-0.3, -0.25) is 4.79 Å². The van der Waals surface area contributed by atoms with Crippen molar-refractivity contribution in [3.8, 4) is 5.75 Å². The van der Waals surface area contributed by atoms with Gasteiger partial charge in [-0.2, -0.15) is 0 Å². The number of halogens is 1. The van der Waals surface area contributed by atoms with E-state index in [0.29, 0.717) is 13.2 Å². The van der Waals surface area contributed by atoms with Crippen molar-refractivity contribution in [2.75, 3.05) is 6.61 Å². The fourth-order valence-electron chi connectivity index (χ4n) is 2.48. The second kappa shape index (κ2) is 6.31. The van der Waals surface area contributed by atoms with Crippen LogP contribution in [0.2, 0.25) is 0 Å². The largest absolute Gasteiger partial charge is 0.492 e. The number of para-hydroxylation sites is 1. The van der Waals surface area contributed by atoms with Gasteiger partial charge in [0.15, 0.2) is 0 Å². The minimum absolute atomic E-state index is 0.0458. The maximum atomic E-state index is 12.3. The molecule has 3 nitrogen and oxygen atoms in total. The Morgan fingerprint density at radius 2 is 2.10 bits per heavy atom. The lowest BCUT2D eigenvalue weighted by Crippen LogP contribution is -2.37. The number of benzene rings is 2. The van der Waals surface area contributed by atoms with E-state index in [9.17, 15) is 4.79 Å². The third kappa shape index (κ3) is 3.45. The van der Waals surface area contributed by atoms with Crippen molar-refractivity contribution in [2.24, 2.45) is 5.92 Å². The van der Waals surface area contributed by atoms with Crippen LogP contribution in [-0.2, 0) is 17.8 Å². The molecule has 0 radical (unpaired) electrons. The first-order chi connectivity index (χ1) is 10.2. The molecule has 0 aromatic heterocycles. The molecular weight excluding hydrogens is 330 g/mol. The van der Waals surface area contributed by atoms with Crippen molar-refractivity contribution >= 4 is 21.8 Å². The average molecular weight is 346 g/mol. The molecular formula is C17H16BrNO2. The predicted octanol–water partition coefficient (Wildman–Crippen LogP) is 3.32. The number of nitrogens with one attached hydrogen (secondary N) is 1. The number of amides is 1. The first kappa shape index (κ1) is 14.1. The summed E-state index contributed by atoms with van der Waals surface area (Å²) in [6.45, 7) is 0.984. The summed E-state index contributed by atoms with van der Waals surface area (Å²) >= 11 is 3.43. The van der Waals surface area contributed by atoms with Gasteiger partial charge in [-0.25, -0.2) is 0 Å². The molecule has 21 heavy (non-hydrogen) atoms. The van der Waals surface area contributed by atoms with Crippen molar-refractivity contribution in [3.05, 3.63) is 64.1 Å². The highest BCUT2D eigenvalue weighted by Gasteiger charge is 2.25. The fourth-order valence-corrected chi connectivity index (χ4v) is 2.92. The van der Waals surface area contributed by atoms with E-state index in [2.05, 4.69) is 21.2 Å². The van der Waals surface area contributed by atoms with E-state index < -0.39 is 0 Å². The monoisotopic (exact) mass is 345 g/mol. The molecule has 1 aliphatic rings. The Bertz CT molecular complexity index is 657. The molecule has 1 aliphatic heterocycles. The lowest BCUT2D eigenvalue weighted by Gasteiger charge is -2.24. The Labute approximate surface area is 132 Å². The lowest BCUT2D eigenvalue weighted by molar-refractivity contribution is -0.126. The zero-order valence-electron chi connectivity index (χ0n) is 11.5. The fraction of sp³-hybridized carbons (Fsp3) is 0.235. The number of rotatable bonds is 3. The third-order valence-electron chi connectivity index (χ3n) is 3.61. The van der Waals surface area contributed by atoms with Gasteiger partial charge in [0.25, 0.3) is 0 Å². The molecule has 2 aromatic rings. The lowest BCUT2D eigenvalue weighted by atomic mass is 9.96. The maximum Gasteiger partial charge on any atom is 0.227 e. The smallest absolute Gasteiger partial charge is 0.227 e. The number of carbonyl (C=O) groups excluding carboxylic acids is 1. The van der Waals surface area contributed by atoms with Crippen LogP contribution in [0.1, 0.15) is 11.1 Å². The van der Waals surface area contributed by atoms with E-state index in [1.54, 1.807) is 0 Å². The van der Waals surface area contributed by atoms with Gasteiger partial charge < -0.3 is 10.1 Å². The highest BCUT2D eigenvalue weighted by molar-refractivity contribution is 9.10. The summed E-state index contributed by atoms with van der Waals surface area (Å²) in [6, 6.07) is 15.8. The molecule has 0 spiro atoms. The summed E-state index contributed by atoms with van der Waals surface area (Å²) in [4.78, 5) is 12.3. The molecule has 0 fully saturated rings. The summed E-state index contributed by atoms with van der Waals surface area (Å²) in [5, 5.41) is 2.99. The molecule has 1 amide bonds. The van der Waals surface area contributed by atoms with E-state index >= 15 is 0 Å². The van der Waals surface area contributed by atoms with E-state index in [4.69, 9.17) is 4.74 Å². The first-order valence-electron chi connectivity index (χ1n) is 6.95. The maximum absolute atomic E-state index is 12.3. The summed E-state index contributed by atoms with van der Waals surface area (Å²) < 4.78 is 6.68. The Balaban J connectivity index is 1.59. The molecule has 3 rings (SSSR count). The first-order valence-corrected chi connectivity index (χ1v) is 7.74. The normalized spacial score (nSPS) is 16.7. The van der Waals surface area contributed by atoms with Gasteiger partial charge in [-0.1, -0.05) is 46.3 Å². The van der Waals surface area contributed by atoms with Gasteiger partial charge in [0.05, 0.1) is 5.92 Å². The zero-order valence-corrected chi connectivity index (χ0v) is 13.1. The molecule has 0 aliphatic carbocycles. The number of ether oxygens (including phenoxy) is 1. The number of hydrogen-bond acceptors (Lipinski definition) is 2. The van der Waals surface area contributed by atoms with Crippen molar-refractivity contribution < 1.29 is 9.53 Å². The SMILES string of the molecule is O=C(NCc1cccc(Br)c1)[C@@H]1COc2ccccc2C1. The quantitative estimate of drug-likeness (QED) is 0.926. The van der Waals surface area contributed by atoms with Crippen LogP contribution in [0, 0.1) is 5.92 Å². The molecule has 4 heteroatoms. The van der Waals surface area contributed by atoms with Gasteiger partial charge in [0, 0.05) is 11.0 Å². The van der Waals surface area contributed by atoms with E-state index in [1.807, 2.05) is 48.5 Å². The molecule has 1 heterocycles. The van der Waals surface area contributed by atoms with Crippen molar-refractivity contribution in [1.29, 1.82) is 0 Å². The standard InChI is InChI=1S/C17H16BrNO2/c18-15-6-3-4-12(8-15)10-19-17(20)14-9-13-5-1-2-7-16(13)21-11-14/h1-8,14H,9-11H2,(H,19,20)/t14-/m0/s1. The van der Waals surface area contributed by atoms with Crippen LogP contribution in [0.3, 0.4) is 0 Å². The summed E-state index contributed by atoms with van der Waals surface area (Å²) in [6.07, 6.45) is 0.737. The van der Waals surface area contributed by atoms with Crippen LogP contribution in [0.15, 0.2) is 53.0 Å². The molecule has 0 saturated heterocycles. The molecule has 0 bridgehead atoms. The molecule has 0 saturated carbocycles. The average Bonchev–Trinajstić information content (AvgIpc) is 2.52. The molecule has 1 N–H and O–H groups in total. The highest BCUT2D eigenvalue weighted by Crippen LogP contribution is 2.26. The van der Waals surface area contributed by atoms with Gasteiger partial charge in [0.2, 0.25) is 5.91 Å². The summed E-state index contributed by atoms with van der Waals surface area (Å²) in [5.74, 6) is 0.824. The van der Waals surface area contributed by atoms with Crippen LogP contribution < -0.4 is 10.1 Å². The Morgan fingerprint density at radius 1 is 1.24 bits per heavy atom. The third-order valence-corrected chi connectivity index (χ3v) is 4.10. The Morgan fingerprint density at radius 3 is 2.95 bits per heavy atom. The van der Waals surface area contributed by atoms with Crippen LogP contribution >= 0.6 is 15.9 Å². The number of carbonyl (C=O) groups is 1. The predicted molar refractivity (Wildman–Crippen MR) is 85.1 cm³/mol. The number of hydrogen-bond donors (Lipinski definition) is 1. The van der Waals surface area contributed by atoms with Crippen LogP contribution in [0.5, 0.6) is 5.75 Å². The van der Waals surface area contributed by atoms with Gasteiger partial charge >= 0.3 is 0 Å². The number of fused-ring (bicyclic) bond motifs is 1. The zero-order chi connectivity index (χ0) is 14.7.